The number of hydrogen-bond donors (Lipinski definition) is 3. The average molecular weight is 428 g/mol. The van der Waals surface area contributed by atoms with Gasteiger partial charge >= 0.3 is 0 Å². The van der Waals surface area contributed by atoms with Crippen molar-refractivity contribution >= 4 is 33.2 Å². The molecule has 1 aliphatic heterocycles. The van der Waals surface area contributed by atoms with Crippen LogP contribution in [0.5, 0.6) is 0 Å². The standard InChI is InChI=1S/C18H14BrN5OS/c1-18(7-13-15(19)16(25)23-24(13)17(21)22-18)14-6-12(9-26-14)11-4-2-3-10(5-11)8-20/h2-6,9H,7H2,1H3,(H2,21,22)(H,23,25)/t18-/m0/s1. The first-order valence-electron chi connectivity index (χ1n) is 7.87. The number of nitriles is 1. The second kappa shape index (κ2) is 5.97. The van der Waals surface area contributed by atoms with Gasteiger partial charge in [0.1, 0.15) is 4.47 Å². The fourth-order valence-corrected chi connectivity index (χ4v) is 4.63. The highest BCUT2D eigenvalue weighted by molar-refractivity contribution is 9.10. The van der Waals surface area contributed by atoms with Gasteiger partial charge < -0.3 is 5.32 Å². The lowest BCUT2D eigenvalue weighted by atomic mass is 9.91. The molecule has 1 atom stereocenters. The van der Waals surface area contributed by atoms with E-state index in [9.17, 15) is 4.79 Å². The Balaban J connectivity index is 1.73. The lowest BCUT2D eigenvalue weighted by Crippen LogP contribution is -2.52. The number of benzene rings is 1. The maximum absolute atomic E-state index is 11.9. The van der Waals surface area contributed by atoms with E-state index >= 15 is 0 Å². The highest BCUT2D eigenvalue weighted by Crippen LogP contribution is 2.37. The molecule has 0 saturated carbocycles. The van der Waals surface area contributed by atoms with Gasteiger partial charge in [0.25, 0.3) is 5.56 Å². The molecular formula is C18H14BrN5OS. The molecule has 1 aromatic carbocycles. The number of aromatic amines is 1. The SMILES string of the molecule is C[C@@]1(c2cc(-c3cccc(C#N)c3)cs2)Cc2c(Br)c(=O)[nH]n2C(=N)N1. The van der Waals surface area contributed by atoms with Gasteiger partial charge in [0, 0.05) is 11.3 Å². The smallest absolute Gasteiger partial charge is 0.279 e. The van der Waals surface area contributed by atoms with Crippen LogP contribution in [-0.4, -0.2) is 15.7 Å². The van der Waals surface area contributed by atoms with Gasteiger partial charge in [-0.05, 0) is 57.6 Å². The first kappa shape index (κ1) is 16.8. The fourth-order valence-electron chi connectivity index (χ4n) is 3.19. The van der Waals surface area contributed by atoms with E-state index in [1.807, 2.05) is 25.1 Å². The molecule has 0 aliphatic carbocycles. The molecule has 2 aromatic heterocycles. The maximum atomic E-state index is 11.9. The highest BCUT2D eigenvalue weighted by Gasteiger charge is 2.37. The summed E-state index contributed by atoms with van der Waals surface area (Å²) < 4.78 is 1.94. The number of hydrogen-bond acceptors (Lipinski definition) is 4. The molecule has 0 bridgehead atoms. The molecule has 1 aliphatic rings. The molecule has 0 amide bonds. The average Bonchev–Trinajstić information content (AvgIpc) is 3.23. The first-order valence-corrected chi connectivity index (χ1v) is 9.54. The van der Waals surface area contributed by atoms with Crippen molar-refractivity contribution < 1.29 is 0 Å². The Hall–Kier alpha value is -2.63. The molecule has 3 N–H and O–H groups in total. The molecule has 3 aromatic rings. The molecule has 26 heavy (non-hydrogen) atoms. The minimum Gasteiger partial charge on any atom is -0.344 e. The van der Waals surface area contributed by atoms with Crippen LogP contribution in [0.4, 0.5) is 0 Å². The minimum atomic E-state index is -0.496. The quantitative estimate of drug-likeness (QED) is 0.584. The van der Waals surface area contributed by atoms with Crippen molar-refractivity contribution in [2.75, 3.05) is 0 Å². The molecule has 4 rings (SSSR count). The summed E-state index contributed by atoms with van der Waals surface area (Å²) in [6.07, 6.45) is 0.562. The van der Waals surface area contributed by atoms with Gasteiger partial charge in [-0.25, -0.2) is 4.68 Å². The number of H-pyrrole nitrogens is 1. The van der Waals surface area contributed by atoms with Crippen LogP contribution in [0, 0.1) is 16.7 Å². The summed E-state index contributed by atoms with van der Waals surface area (Å²) in [6.45, 7) is 2.02. The van der Waals surface area contributed by atoms with Crippen LogP contribution in [0.3, 0.4) is 0 Å². The fraction of sp³-hybridized carbons (Fsp3) is 0.167. The zero-order valence-electron chi connectivity index (χ0n) is 13.8. The Morgan fingerprint density at radius 3 is 2.96 bits per heavy atom. The maximum Gasteiger partial charge on any atom is 0.279 e. The summed E-state index contributed by atoms with van der Waals surface area (Å²) in [6, 6.07) is 11.7. The minimum absolute atomic E-state index is 0.137. The van der Waals surface area contributed by atoms with E-state index in [1.165, 1.54) is 4.68 Å². The van der Waals surface area contributed by atoms with Crippen molar-refractivity contribution in [3.05, 3.63) is 66.7 Å². The monoisotopic (exact) mass is 427 g/mol. The first-order chi connectivity index (χ1) is 12.4. The lowest BCUT2D eigenvalue weighted by molar-refractivity contribution is 0.400. The van der Waals surface area contributed by atoms with E-state index in [2.05, 4.69) is 43.9 Å². The van der Waals surface area contributed by atoms with Gasteiger partial charge in [0.05, 0.1) is 22.9 Å². The summed E-state index contributed by atoms with van der Waals surface area (Å²) in [5.41, 5.74) is 2.66. The molecular weight excluding hydrogens is 414 g/mol. The number of aromatic nitrogens is 2. The third-order valence-corrected chi connectivity index (χ3v) is 6.56. The van der Waals surface area contributed by atoms with Crippen LogP contribution >= 0.6 is 27.3 Å². The summed E-state index contributed by atoms with van der Waals surface area (Å²) in [5, 5.41) is 25.2. The summed E-state index contributed by atoms with van der Waals surface area (Å²) in [4.78, 5) is 12.9. The largest absolute Gasteiger partial charge is 0.344 e. The zero-order chi connectivity index (χ0) is 18.5. The predicted octanol–water partition coefficient (Wildman–Crippen LogP) is 3.38. The molecule has 8 heteroatoms. The molecule has 0 spiro atoms. The molecule has 130 valence electrons. The van der Waals surface area contributed by atoms with Gasteiger partial charge in [-0.15, -0.1) is 11.3 Å². The summed E-state index contributed by atoms with van der Waals surface area (Å²) in [7, 11) is 0. The molecule has 3 heterocycles. The van der Waals surface area contributed by atoms with Crippen LogP contribution < -0.4 is 10.9 Å². The van der Waals surface area contributed by atoms with E-state index in [0.29, 0.717) is 16.5 Å². The number of rotatable bonds is 2. The third kappa shape index (κ3) is 2.60. The van der Waals surface area contributed by atoms with E-state index in [0.717, 1.165) is 21.7 Å². The van der Waals surface area contributed by atoms with E-state index in [-0.39, 0.29) is 11.5 Å². The Morgan fingerprint density at radius 2 is 2.19 bits per heavy atom. The van der Waals surface area contributed by atoms with Gasteiger partial charge in [-0.2, -0.15) is 5.26 Å². The van der Waals surface area contributed by atoms with Gasteiger partial charge in [0.15, 0.2) is 0 Å². The number of nitrogens with zero attached hydrogens (tertiary/aromatic N) is 2. The molecule has 6 nitrogen and oxygen atoms in total. The molecule has 0 fully saturated rings. The van der Waals surface area contributed by atoms with E-state index in [1.54, 1.807) is 17.4 Å². The van der Waals surface area contributed by atoms with Gasteiger partial charge in [-0.3, -0.25) is 15.3 Å². The number of thiophene rings is 1. The van der Waals surface area contributed by atoms with E-state index < -0.39 is 5.54 Å². The lowest BCUT2D eigenvalue weighted by Gasteiger charge is -2.35. The topological polar surface area (TPSA) is 97.5 Å². The van der Waals surface area contributed by atoms with Crippen molar-refractivity contribution in [1.82, 2.24) is 15.1 Å². The van der Waals surface area contributed by atoms with Crippen molar-refractivity contribution in [2.24, 2.45) is 0 Å². The van der Waals surface area contributed by atoms with Crippen molar-refractivity contribution in [2.45, 2.75) is 18.9 Å². The second-order valence-electron chi connectivity index (χ2n) is 6.41. The normalized spacial score (nSPS) is 18.9. The Kier molecular flexibility index (Phi) is 3.86. The summed E-state index contributed by atoms with van der Waals surface area (Å²) in [5.74, 6) is 0.137. The Bertz CT molecular complexity index is 1140. The van der Waals surface area contributed by atoms with Crippen LogP contribution in [0.15, 0.2) is 45.0 Å². The van der Waals surface area contributed by atoms with Crippen LogP contribution in [0.25, 0.3) is 11.1 Å². The van der Waals surface area contributed by atoms with Crippen molar-refractivity contribution in [1.29, 1.82) is 10.7 Å². The zero-order valence-corrected chi connectivity index (χ0v) is 16.2. The highest BCUT2D eigenvalue weighted by atomic mass is 79.9. The molecule has 0 saturated heterocycles. The Labute approximate surface area is 161 Å². The van der Waals surface area contributed by atoms with Crippen molar-refractivity contribution in [3.63, 3.8) is 0 Å². The van der Waals surface area contributed by atoms with Crippen LogP contribution in [0.2, 0.25) is 0 Å². The van der Waals surface area contributed by atoms with Crippen molar-refractivity contribution in [3.8, 4) is 17.2 Å². The Morgan fingerprint density at radius 1 is 1.38 bits per heavy atom. The van der Waals surface area contributed by atoms with Gasteiger partial charge in [0.2, 0.25) is 5.96 Å². The van der Waals surface area contributed by atoms with Crippen LogP contribution in [0.1, 0.15) is 23.1 Å². The van der Waals surface area contributed by atoms with Crippen LogP contribution in [-0.2, 0) is 12.0 Å². The molecule has 0 unspecified atom stereocenters. The number of fused-ring (bicyclic) bond motifs is 1. The van der Waals surface area contributed by atoms with Gasteiger partial charge in [-0.1, -0.05) is 12.1 Å². The summed E-state index contributed by atoms with van der Waals surface area (Å²) >= 11 is 4.93. The second-order valence-corrected chi connectivity index (χ2v) is 8.12. The number of halogens is 1. The molecule has 0 radical (unpaired) electrons. The van der Waals surface area contributed by atoms with E-state index in [4.69, 9.17) is 10.7 Å². The third-order valence-electron chi connectivity index (χ3n) is 4.54. The predicted molar refractivity (Wildman–Crippen MR) is 105 cm³/mol. The number of nitrogens with one attached hydrogen (secondary N) is 3.